The Kier molecular flexibility index (Phi) is 6.77. The summed E-state index contributed by atoms with van der Waals surface area (Å²) in [6.07, 6.45) is 1.60. The van der Waals surface area contributed by atoms with Crippen molar-refractivity contribution in [2.45, 2.75) is 6.54 Å². The number of pyridine rings is 1. The van der Waals surface area contributed by atoms with E-state index in [0.29, 0.717) is 29.2 Å². The number of piperazine rings is 1. The van der Waals surface area contributed by atoms with Crippen molar-refractivity contribution < 1.29 is 9.59 Å². The summed E-state index contributed by atoms with van der Waals surface area (Å²) in [5, 5.41) is 6.29. The minimum atomic E-state index is -0.231. The van der Waals surface area contributed by atoms with E-state index in [0.717, 1.165) is 31.7 Å². The fourth-order valence-electron chi connectivity index (χ4n) is 3.73. The van der Waals surface area contributed by atoms with E-state index in [1.54, 1.807) is 36.3 Å². The van der Waals surface area contributed by atoms with Gasteiger partial charge in [0.05, 0.1) is 11.3 Å². The van der Waals surface area contributed by atoms with Crippen LogP contribution in [0.15, 0.2) is 72.9 Å². The molecule has 0 saturated carbocycles. The highest BCUT2D eigenvalue weighted by atomic mass is 16.2. The number of hydrogen-bond acceptors (Lipinski definition) is 5. The summed E-state index contributed by atoms with van der Waals surface area (Å²) in [6, 6.07) is 20.6. The predicted molar refractivity (Wildman–Crippen MR) is 126 cm³/mol. The van der Waals surface area contributed by atoms with Gasteiger partial charge in [-0.2, -0.15) is 0 Å². The maximum atomic E-state index is 13.1. The lowest BCUT2D eigenvalue weighted by Crippen LogP contribution is -2.44. The largest absolute Gasteiger partial charge is 0.352 e. The molecule has 0 unspecified atom stereocenters. The normalized spacial score (nSPS) is 13.5. The fraction of sp³-hybridized carbons (Fsp3) is 0.240. The molecule has 2 heterocycles. The van der Waals surface area contributed by atoms with Gasteiger partial charge in [-0.15, -0.1) is 0 Å². The zero-order chi connectivity index (χ0) is 22.3. The van der Waals surface area contributed by atoms with Gasteiger partial charge in [-0.25, -0.2) is 4.98 Å². The first-order valence-electron chi connectivity index (χ1n) is 10.7. The molecule has 2 amide bonds. The lowest BCUT2D eigenvalue weighted by Gasteiger charge is -2.30. The molecule has 3 aromatic rings. The second kappa shape index (κ2) is 10.1. The SMILES string of the molecule is CN(Cc1ccccc1)C(=O)c1cnc(N2CCNCC2)c(NC(=O)c2ccccc2)c1. The molecule has 1 aromatic heterocycles. The smallest absolute Gasteiger partial charge is 0.255 e. The third-order valence-corrected chi connectivity index (χ3v) is 5.42. The van der Waals surface area contributed by atoms with Gasteiger partial charge in [0.1, 0.15) is 0 Å². The highest BCUT2D eigenvalue weighted by molar-refractivity contribution is 6.06. The molecule has 0 aliphatic carbocycles. The van der Waals surface area contributed by atoms with E-state index in [2.05, 4.69) is 20.5 Å². The molecule has 4 rings (SSSR count). The molecule has 164 valence electrons. The van der Waals surface area contributed by atoms with Crippen molar-refractivity contribution in [3.8, 4) is 0 Å². The van der Waals surface area contributed by atoms with E-state index in [1.807, 2.05) is 48.5 Å². The third-order valence-electron chi connectivity index (χ3n) is 5.42. The molecule has 0 bridgehead atoms. The van der Waals surface area contributed by atoms with E-state index in [1.165, 1.54) is 0 Å². The van der Waals surface area contributed by atoms with Gasteiger partial charge < -0.3 is 20.4 Å². The van der Waals surface area contributed by atoms with Gasteiger partial charge in [-0.3, -0.25) is 9.59 Å². The molecular formula is C25H27N5O2. The Balaban J connectivity index is 1.60. The minimum Gasteiger partial charge on any atom is -0.352 e. The highest BCUT2D eigenvalue weighted by Crippen LogP contribution is 2.26. The summed E-state index contributed by atoms with van der Waals surface area (Å²) in [5.74, 6) is 0.299. The molecule has 1 fully saturated rings. The molecule has 0 atom stereocenters. The number of benzene rings is 2. The Bertz CT molecular complexity index is 1070. The Morgan fingerprint density at radius 2 is 1.66 bits per heavy atom. The zero-order valence-electron chi connectivity index (χ0n) is 18.1. The second-order valence-electron chi connectivity index (χ2n) is 7.80. The maximum absolute atomic E-state index is 13.1. The van der Waals surface area contributed by atoms with Crippen LogP contribution in [0.3, 0.4) is 0 Å². The van der Waals surface area contributed by atoms with Crippen LogP contribution in [-0.4, -0.2) is 54.9 Å². The van der Waals surface area contributed by atoms with Crippen molar-refractivity contribution in [2.75, 3.05) is 43.4 Å². The Morgan fingerprint density at radius 3 is 2.34 bits per heavy atom. The lowest BCUT2D eigenvalue weighted by molar-refractivity contribution is 0.0784. The molecule has 2 aromatic carbocycles. The quantitative estimate of drug-likeness (QED) is 0.630. The van der Waals surface area contributed by atoms with E-state index < -0.39 is 0 Å². The van der Waals surface area contributed by atoms with Crippen molar-refractivity contribution in [3.05, 3.63) is 89.6 Å². The van der Waals surface area contributed by atoms with Crippen molar-refractivity contribution in [2.24, 2.45) is 0 Å². The monoisotopic (exact) mass is 429 g/mol. The number of amides is 2. The van der Waals surface area contributed by atoms with Gasteiger partial charge in [0.25, 0.3) is 11.8 Å². The van der Waals surface area contributed by atoms with E-state index in [9.17, 15) is 9.59 Å². The number of rotatable bonds is 6. The van der Waals surface area contributed by atoms with Crippen molar-refractivity contribution in [3.63, 3.8) is 0 Å². The Hall–Kier alpha value is -3.71. The average Bonchev–Trinajstić information content (AvgIpc) is 2.85. The number of carbonyl (C=O) groups excluding carboxylic acids is 2. The third kappa shape index (κ3) is 5.12. The van der Waals surface area contributed by atoms with Crippen LogP contribution in [0.5, 0.6) is 0 Å². The molecule has 1 saturated heterocycles. The number of hydrogen-bond donors (Lipinski definition) is 2. The van der Waals surface area contributed by atoms with Crippen LogP contribution in [0.4, 0.5) is 11.5 Å². The van der Waals surface area contributed by atoms with Gasteiger partial charge >= 0.3 is 0 Å². The van der Waals surface area contributed by atoms with Gasteiger partial charge in [0.2, 0.25) is 0 Å². The number of nitrogens with one attached hydrogen (secondary N) is 2. The van der Waals surface area contributed by atoms with Crippen LogP contribution < -0.4 is 15.5 Å². The summed E-state index contributed by atoms with van der Waals surface area (Å²) >= 11 is 0. The van der Waals surface area contributed by atoms with E-state index >= 15 is 0 Å². The standard InChI is InChI=1S/C25H27N5O2/c1-29(18-19-8-4-2-5-9-19)25(32)21-16-22(28-24(31)20-10-6-3-7-11-20)23(27-17-21)30-14-12-26-13-15-30/h2-11,16-17,26H,12-15,18H2,1H3,(H,28,31). The summed E-state index contributed by atoms with van der Waals surface area (Å²) in [5.41, 5.74) is 2.58. The van der Waals surface area contributed by atoms with Crippen LogP contribution >= 0.6 is 0 Å². The first-order chi connectivity index (χ1) is 15.6. The number of nitrogens with zero attached hydrogens (tertiary/aromatic N) is 3. The molecular weight excluding hydrogens is 402 g/mol. The zero-order valence-corrected chi connectivity index (χ0v) is 18.1. The number of carbonyl (C=O) groups is 2. The van der Waals surface area contributed by atoms with Gasteiger partial charge in [0.15, 0.2) is 5.82 Å². The number of anilines is 2. The maximum Gasteiger partial charge on any atom is 0.255 e. The van der Waals surface area contributed by atoms with Gasteiger partial charge in [-0.1, -0.05) is 48.5 Å². The van der Waals surface area contributed by atoms with E-state index in [4.69, 9.17) is 0 Å². The molecule has 1 aliphatic heterocycles. The average molecular weight is 430 g/mol. The summed E-state index contributed by atoms with van der Waals surface area (Å²) in [6.45, 7) is 3.73. The topological polar surface area (TPSA) is 77.6 Å². The fourth-order valence-corrected chi connectivity index (χ4v) is 3.73. The van der Waals surface area contributed by atoms with Gasteiger partial charge in [0, 0.05) is 51.5 Å². The van der Waals surface area contributed by atoms with Crippen molar-refractivity contribution in [1.29, 1.82) is 0 Å². The molecule has 0 spiro atoms. The highest BCUT2D eigenvalue weighted by Gasteiger charge is 2.21. The minimum absolute atomic E-state index is 0.150. The molecule has 7 nitrogen and oxygen atoms in total. The Labute approximate surface area is 188 Å². The van der Waals surface area contributed by atoms with Crippen LogP contribution in [-0.2, 0) is 6.54 Å². The summed E-state index contributed by atoms with van der Waals surface area (Å²) < 4.78 is 0. The second-order valence-corrected chi connectivity index (χ2v) is 7.80. The molecule has 32 heavy (non-hydrogen) atoms. The Morgan fingerprint density at radius 1 is 1.00 bits per heavy atom. The van der Waals surface area contributed by atoms with Crippen LogP contribution in [0.2, 0.25) is 0 Å². The molecule has 2 N–H and O–H groups in total. The van der Waals surface area contributed by atoms with E-state index in [-0.39, 0.29) is 11.8 Å². The molecule has 0 radical (unpaired) electrons. The van der Waals surface area contributed by atoms with Gasteiger partial charge in [-0.05, 0) is 23.8 Å². The van der Waals surface area contributed by atoms with Crippen molar-refractivity contribution in [1.82, 2.24) is 15.2 Å². The summed E-state index contributed by atoms with van der Waals surface area (Å²) in [4.78, 5) is 34.3. The van der Waals surface area contributed by atoms with Crippen LogP contribution in [0.1, 0.15) is 26.3 Å². The predicted octanol–water partition coefficient (Wildman–Crippen LogP) is 3.02. The van der Waals surface area contributed by atoms with Crippen molar-refractivity contribution >= 4 is 23.3 Å². The van der Waals surface area contributed by atoms with Crippen LogP contribution in [0.25, 0.3) is 0 Å². The number of aromatic nitrogens is 1. The first kappa shape index (κ1) is 21.5. The molecule has 7 heteroatoms. The lowest BCUT2D eigenvalue weighted by atomic mass is 10.1. The molecule has 1 aliphatic rings. The van der Waals surface area contributed by atoms with Crippen LogP contribution in [0, 0.1) is 0 Å². The summed E-state index contributed by atoms with van der Waals surface area (Å²) in [7, 11) is 1.77. The first-order valence-corrected chi connectivity index (χ1v) is 10.7.